The van der Waals surface area contributed by atoms with Crippen LogP contribution in [0.15, 0.2) is 0 Å². The van der Waals surface area contributed by atoms with Crippen molar-refractivity contribution < 1.29 is 0 Å². The summed E-state index contributed by atoms with van der Waals surface area (Å²) < 4.78 is 0. The first-order valence-electron chi connectivity index (χ1n) is 7.87. The summed E-state index contributed by atoms with van der Waals surface area (Å²) in [6, 6.07) is 1.64. The van der Waals surface area contributed by atoms with E-state index in [1.807, 2.05) is 0 Å². The highest BCUT2D eigenvalue weighted by atomic mass is 15.2. The van der Waals surface area contributed by atoms with Gasteiger partial charge in [-0.2, -0.15) is 0 Å². The summed E-state index contributed by atoms with van der Waals surface area (Å²) in [5.74, 6) is 1.76. The molecular formula is C16H32N2. The van der Waals surface area contributed by atoms with Crippen LogP contribution in [-0.4, -0.2) is 35.6 Å². The minimum absolute atomic E-state index is 0.245. The van der Waals surface area contributed by atoms with E-state index in [1.54, 1.807) is 0 Å². The zero-order valence-electron chi connectivity index (χ0n) is 13.0. The molecule has 2 saturated carbocycles. The molecule has 0 spiro atoms. The van der Waals surface area contributed by atoms with Gasteiger partial charge in [0.1, 0.15) is 0 Å². The Morgan fingerprint density at radius 2 is 1.72 bits per heavy atom. The Balaban J connectivity index is 1.80. The zero-order chi connectivity index (χ0) is 13.3. The number of hydrogen-bond donors (Lipinski definition) is 1. The van der Waals surface area contributed by atoms with E-state index < -0.39 is 0 Å². The molecule has 2 atom stereocenters. The second-order valence-electron chi connectivity index (χ2n) is 7.72. The van der Waals surface area contributed by atoms with Crippen LogP contribution < -0.4 is 5.32 Å². The van der Waals surface area contributed by atoms with Gasteiger partial charge in [-0.3, -0.25) is 4.90 Å². The molecule has 2 fully saturated rings. The predicted octanol–water partition coefficient (Wildman–Crippen LogP) is 3.27. The van der Waals surface area contributed by atoms with Crippen molar-refractivity contribution >= 4 is 0 Å². The van der Waals surface area contributed by atoms with Crippen LogP contribution in [0.25, 0.3) is 0 Å². The van der Waals surface area contributed by atoms with Gasteiger partial charge in [0.2, 0.25) is 0 Å². The highest BCUT2D eigenvalue weighted by Crippen LogP contribution is 2.37. The van der Waals surface area contributed by atoms with Crippen molar-refractivity contribution in [3.8, 4) is 0 Å². The number of nitrogens with zero attached hydrogens (tertiary/aromatic N) is 1. The third-order valence-corrected chi connectivity index (χ3v) is 4.48. The topological polar surface area (TPSA) is 15.3 Å². The van der Waals surface area contributed by atoms with Crippen molar-refractivity contribution in [3.63, 3.8) is 0 Å². The standard InChI is InChI=1S/C16H32N2/c1-12(10-17-16(3,4)5)13(2)18(15-8-9-15)11-14-6-7-14/h12-15,17H,6-11H2,1-5H3. The first-order valence-corrected chi connectivity index (χ1v) is 7.87. The normalized spacial score (nSPS) is 24.3. The summed E-state index contributed by atoms with van der Waals surface area (Å²) in [7, 11) is 0. The molecule has 0 aromatic heterocycles. The van der Waals surface area contributed by atoms with Gasteiger partial charge in [0.05, 0.1) is 0 Å². The van der Waals surface area contributed by atoms with Crippen LogP contribution in [0.2, 0.25) is 0 Å². The molecule has 0 saturated heterocycles. The van der Waals surface area contributed by atoms with E-state index in [0.29, 0.717) is 0 Å². The molecule has 0 bridgehead atoms. The van der Waals surface area contributed by atoms with Gasteiger partial charge < -0.3 is 5.32 Å². The molecule has 0 aliphatic heterocycles. The number of nitrogens with one attached hydrogen (secondary N) is 1. The SMILES string of the molecule is CC(CNC(C)(C)C)C(C)N(CC1CC1)C1CC1. The van der Waals surface area contributed by atoms with Gasteiger partial charge in [0.15, 0.2) is 0 Å². The molecule has 0 amide bonds. The lowest BCUT2D eigenvalue weighted by atomic mass is 9.99. The van der Waals surface area contributed by atoms with Gasteiger partial charge in [0, 0.05) is 24.2 Å². The van der Waals surface area contributed by atoms with E-state index in [-0.39, 0.29) is 5.54 Å². The van der Waals surface area contributed by atoms with E-state index in [2.05, 4.69) is 44.8 Å². The first kappa shape index (κ1) is 14.3. The molecule has 106 valence electrons. The molecule has 18 heavy (non-hydrogen) atoms. The van der Waals surface area contributed by atoms with Crippen molar-refractivity contribution in [1.29, 1.82) is 0 Å². The Labute approximate surface area is 114 Å². The minimum atomic E-state index is 0.245. The highest BCUT2D eigenvalue weighted by molar-refractivity contribution is 4.92. The molecule has 0 radical (unpaired) electrons. The fourth-order valence-electron chi connectivity index (χ4n) is 2.62. The Kier molecular flexibility index (Phi) is 4.38. The summed E-state index contributed by atoms with van der Waals surface area (Å²) in [5, 5.41) is 3.66. The smallest absolute Gasteiger partial charge is 0.0108 e. The fraction of sp³-hybridized carbons (Fsp3) is 1.00. The van der Waals surface area contributed by atoms with E-state index in [4.69, 9.17) is 0 Å². The highest BCUT2D eigenvalue weighted by Gasteiger charge is 2.37. The van der Waals surface area contributed by atoms with Crippen LogP contribution in [0.3, 0.4) is 0 Å². The Morgan fingerprint density at radius 1 is 1.11 bits per heavy atom. The molecule has 0 aromatic rings. The first-order chi connectivity index (χ1) is 8.37. The Bertz CT molecular complexity index is 261. The van der Waals surface area contributed by atoms with Crippen LogP contribution in [0, 0.1) is 11.8 Å². The summed E-state index contributed by atoms with van der Waals surface area (Å²) in [6.07, 6.45) is 5.84. The van der Waals surface area contributed by atoms with Gasteiger partial charge in [-0.25, -0.2) is 0 Å². The maximum Gasteiger partial charge on any atom is 0.0108 e. The summed E-state index contributed by atoms with van der Waals surface area (Å²) in [5.41, 5.74) is 0.245. The van der Waals surface area contributed by atoms with Crippen molar-refractivity contribution in [2.75, 3.05) is 13.1 Å². The monoisotopic (exact) mass is 252 g/mol. The van der Waals surface area contributed by atoms with Gasteiger partial charge in [-0.1, -0.05) is 6.92 Å². The third kappa shape index (κ3) is 4.55. The molecule has 0 heterocycles. The lowest BCUT2D eigenvalue weighted by Crippen LogP contribution is -2.46. The number of rotatable bonds is 7. The molecular weight excluding hydrogens is 220 g/mol. The molecule has 2 unspecified atom stereocenters. The van der Waals surface area contributed by atoms with Crippen LogP contribution in [0.4, 0.5) is 0 Å². The largest absolute Gasteiger partial charge is 0.312 e. The van der Waals surface area contributed by atoms with Crippen LogP contribution in [0.5, 0.6) is 0 Å². The second kappa shape index (κ2) is 5.50. The summed E-state index contributed by atoms with van der Waals surface area (Å²) >= 11 is 0. The minimum Gasteiger partial charge on any atom is -0.312 e. The van der Waals surface area contributed by atoms with Crippen molar-refractivity contribution in [3.05, 3.63) is 0 Å². The van der Waals surface area contributed by atoms with E-state index >= 15 is 0 Å². The van der Waals surface area contributed by atoms with Crippen LogP contribution in [-0.2, 0) is 0 Å². The van der Waals surface area contributed by atoms with Crippen LogP contribution in [0.1, 0.15) is 60.3 Å². The molecule has 1 N–H and O–H groups in total. The van der Waals surface area contributed by atoms with Gasteiger partial charge >= 0.3 is 0 Å². The molecule has 2 aliphatic rings. The predicted molar refractivity (Wildman–Crippen MR) is 78.8 cm³/mol. The summed E-state index contributed by atoms with van der Waals surface area (Å²) in [4.78, 5) is 2.81. The summed E-state index contributed by atoms with van der Waals surface area (Å²) in [6.45, 7) is 14.1. The molecule has 2 rings (SSSR count). The Hall–Kier alpha value is -0.0800. The van der Waals surface area contributed by atoms with Crippen molar-refractivity contribution in [1.82, 2.24) is 10.2 Å². The molecule has 2 aliphatic carbocycles. The fourth-order valence-corrected chi connectivity index (χ4v) is 2.62. The van der Waals surface area contributed by atoms with Crippen molar-refractivity contribution in [2.24, 2.45) is 11.8 Å². The molecule has 2 nitrogen and oxygen atoms in total. The second-order valence-corrected chi connectivity index (χ2v) is 7.72. The Morgan fingerprint density at radius 3 is 2.17 bits per heavy atom. The van der Waals surface area contributed by atoms with Crippen molar-refractivity contribution in [2.45, 2.75) is 77.9 Å². The third-order valence-electron chi connectivity index (χ3n) is 4.48. The lowest BCUT2D eigenvalue weighted by molar-refractivity contribution is 0.140. The molecule has 2 heteroatoms. The van der Waals surface area contributed by atoms with Gasteiger partial charge in [-0.05, 0) is 71.8 Å². The van der Waals surface area contributed by atoms with E-state index in [9.17, 15) is 0 Å². The lowest BCUT2D eigenvalue weighted by Gasteiger charge is -2.35. The average molecular weight is 252 g/mol. The van der Waals surface area contributed by atoms with Gasteiger partial charge in [-0.15, -0.1) is 0 Å². The maximum atomic E-state index is 3.66. The average Bonchev–Trinajstić information content (AvgIpc) is 3.12. The molecule has 0 aromatic carbocycles. The maximum absolute atomic E-state index is 3.66. The van der Waals surface area contributed by atoms with E-state index in [0.717, 1.165) is 30.5 Å². The van der Waals surface area contributed by atoms with E-state index in [1.165, 1.54) is 32.2 Å². The quantitative estimate of drug-likeness (QED) is 0.748. The van der Waals surface area contributed by atoms with Crippen LogP contribution >= 0.6 is 0 Å². The number of hydrogen-bond acceptors (Lipinski definition) is 2. The zero-order valence-corrected chi connectivity index (χ0v) is 13.0. The van der Waals surface area contributed by atoms with Gasteiger partial charge in [0.25, 0.3) is 0 Å².